The van der Waals surface area contributed by atoms with Crippen LogP contribution in [-0.2, 0) is 30.5 Å². The van der Waals surface area contributed by atoms with Crippen molar-refractivity contribution in [3.63, 3.8) is 0 Å². The van der Waals surface area contributed by atoms with Gasteiger partial charge in [-0.05, 0) is 82.0 Å². The minimum absolute atomic E-state index is 0.290. The van der Waals surface area contributed by atoms with Crippen LogP contribution < -0.4 is 11.1 Å². The molecule has 10 heteroatoms. The summed E-state index contributed by atoms with van der Waals surface area (Å²) < 4.78 is 0. The number of amides is 1. The zero-order valence-electron chi connectivity index (χ0n) is 21.4. The second kappa shape index (κ2) is 10.5. The van der Waals surface area contributed by atoms with Gasteiger partial charge in [0, 0.05) is 33.6 Å². The molecule has 5 heterocycles. The number of carbonyl (C=O) groups is 2. The van der Waals surface area contributed by atoms with Crippen LogP contribution in [0.5, 0.6) is 0 Å². The number of nitrogens with two attached hydrogens (primary N) is 1. The van der Waals surface area contributed by atoms with Crippen molar-refractivity contribution in [3.8, 4) is 0 Å². The van der Waals surface area contributed by atoms with Crippen molar-refractivity contribution in [1.29, 1.82) is 0 Å². The van der Waals surface area contributed by atoms with Crippen LogP contribution in [0.2, 0.25) is 0 Å². The number of aliphatic hydroxyl groups excluding tert-OH is 2. The quantitative estimate of drug-likeness (QED) is 0.271. The molecule has 0 aliphatic carbocycles. The second-order valence-electron chi connectivity index (χ2n) is 10.0. The predicted molar refractivity (Wildman–Crippen MR) is 143 cm³/mol. The van der Waals surface area contributed by atoms with Gasteiger partial charge in [-0.25, -0.2) is 0 Å². The second-order valence-corrected chi connectivity index (χ2v) is 10.0. The van der Waals surface area contributed by atoms with Gasteiger partial charge in [-0.3, -0.25) is 19.6 Å². The Bertz CT molecular complexity index is 1540. The number of carbonyl (C=O) groups excluding carboxylic acids is 2. The molecule has 198 valence electrons. The van der Waals surface area contributed by atoms with Gasteiger partial charge in [-0.2, -0.15) is 0 Å². The highest BCUT2D eigenvalue weighted by molar-refractivity contribution is 6.08. The average Bonchev–Trinajstić information content (AvgIpc) is 3.67. The van der Waals surface area contributed by atoms with Crippen LogP contribution in [0.4, 0.5) is 0 Å². The summed E-state index contributed by atoms with van der Waals surface area (Å²) in [5.74, 6) is -1.22. The molecular weight excluding hydrogens is 484 g/mol. The number of nitrogens with zero attached hydrogens (tertiary/aromatic N) is 2. The normalized spacial score (nSPS) is 16.4. The number of hydrogen-bond acceptors (Lipinski definition) is 7. The van der Waals surface area contributed by atoms with Crippen molar-refractivity contribution >= 4 is 33.8 Å². The molecule has 2 aliphatic heterocycles. The van der Waals surface area contributed by atoms with Gasteiger partial charge in [0.2, 0.25) is 5.91 Å². The Balaban J connectivity index is 1.70. The van der Waals surface area contributed by atoms with Crippen molar-refractivity contribution in [2.24, 2.45) is 5.73 Å². The molecule has 3 aromatic heterocycles. The number of aliphatic hydroxyl groups is 2. The summed E-state index contributed by atoms with van der Waals surface area (Å²) in [4.78, 5) is 42.8. The van der Waals surface area contributed by atoms with Crippen LogP contribution in [0.1, 0.15) is 47.0 Å². The van der Waals surface area contributed by atoms with E-state index in [0.717, 1.165) is 46.5 Å². The zero-order chi connectivity index (χ0) is 27.0. The van der Waals surface area contributed by atoms with Crippen LogP contribution >= 0.6 is 0 Å². The van der Waals surface area contributed by atoms with E-state index in [1.165, 1.54) is 13.8 Å². The molecule has 7 N–H and O–H groups in total. The highest BCUT2D eigenvalue weighted by atomic mass is 16.3. The standard InChI is InChI=1S/C28H32N6O4/c1-14(35)25(29)28(38)34-26(15(2)36)27(37)24-22-9-7-20(32-22)12-18-5-3-16(30-18)11-17-4-6-19(31-17)13-21-8-10-23(24)33-21/h3,5,8,10-15,25-26,30,33,35-36H,4,6-7,9,29H2,1-2H3,(H,34,38)/t14-,15-,25+,26+/m1/s1. The van der Waals surface area contributed by atoms with E-state index in [9.17, 15) is 19.8 Å². The predicted octanol–water partition coefficient (Wildman–Crippen LogP) is 1.64. The fourth-order valence-corrected chi connectivity index (χ4v) is 4.82. The van der Waals surface area contributed by atoms with Gasteiger partial charge < -0.3 is 31.2 Å². The first-order chi connectivity index (χ1) is 18.2. The van der Waals surface area contributed by atoms with Gasteiger partial charge in [0.15, 0.2) is 5.78 Å². The molecule has 1 amide bonds. The lowest BCUT2D eigenvalue weighted by Gasteiger charge is -2.23. The van der Waals surface area contributed by atoms with Crippen LogP contribution in [0.25, 0.3) is 22.1 Å². The summed E-state index contributed by atoms with van der Waals surface area (Å²) in [6, 6.07) is 11.1. The SMILES string of the molecule is C[C@@H](O)[C@H](N)C(=O)N[C@H](C(=O)c1c2nc(cc3ccc(cc4nc(cc5ccc1[nH]5)CC4)[nH]3)CC2)[C@@H](C)O. The lowest BCUT2D eigenvalue weighted by molar-refractivity contribution is -0.125. The summed E-state index contributed by atoms with van der Waals surface area (Å²) >= 11 is 0. The highest BCUT2D eigenvalue weighted by Crippen LogP contribution is 2.23. The first-order valence-electron chi connectivity index (χ1n) is 12.8. The topological polar surface area (TPSA) is 170 Å². The van der Waals surface area contributed by atoms with Gasteiger partial charge in [0.05, 0.1) is 29.0 Å². The van der Waals surface area contributed by atoms with E-state index in [1.807, 2.05) is 30.3 Å². The molecule has 0 spiro atoms. The molecule has 2 aliphatic rings. The number of aromatic nitrogens is 4. The highest BCUT2D eigenvalue weighted by Gasteiger charge is 2.32. The number of hydrogen-bond donors (Lipinski definition) is 6. The van der Waals surface area contributed by atoms with Gasteiger partial charge >= 0.3 is 0 Å². The van der Waals surface area contributed by atoms with E-state index in [4.69, 9.17) is 15.7 Å². The number of ketones is 1. The van der Waals surface area contributed by atoms with Crippen LogP contribution in [0, 0.1) is 0 Å². The van der Waals surface area contributed by atoms with E-state index in [1.54, 1.807) is 6.07 Å². The molecule has 8 bridgehead atoms. The summed E-state index contributed by atoms with van der Waals surface area (Å²) in [6.45, 7) is 2.81. The maximum absolute atomic E-state index is 13.9. The van der Waals surface area contributed by atoms with Crippen LogP contribution in [0.15, 0.2) is 42.5 Å². The van der Waals surface area contributed by atoms with E-state index >= 15 is 0 Å². The smallest absolute Gasteiger partial charge is 0.240 e. The lowest BCUT2D eigenvalue weighted by Crippen LogP contribution is -2.55. The number of Topliss-reactive ketones (excluding diaryl/α,β-unsaturated/α-hetero) is 1. The van der Waals surface area contributed by atoms with Crippen molar-refractivity contribution in [2.75, 3.05) is 0 Å². The fraction of sp³-hybridized carbons (Fsp3) is 0.357. The maximum atomic E-state index is 13.9. The maximum Gasteiger partial charge on any atom is 0.240 e. The molecule has 0 fully saturated rings. The minimum Gasteiger partial charge on any atom is -0.391 e. The third-order valence-corrected chi connectivity index (χ3v) is 6.92. The van der Waals surface area contributed by atoms with E-state index in [2.05, 4.69) is 21.4 Å². The summed E-state index contributed by atoms with van der Waals surface area (Å²) in [5.41, 5.74) is 12.5. The zero-order valence-corrected chi connectivity index (χ0v) is 21.4. The molecule has 10 nitrogen and oxygen atoms in total. The number of fused-ring (bicyclic) bond motifs is 8. The summed E-state index contributed by atoms with van der Waals surface area (Å²) in [7, 11) is 0. The molecule has 5 rings (SSSR count). The number of rotatable bonds is 6. The van der Waals surface area contributed by atoms with E-state index in [0.29, 0.717) is 24.1 Å². The van der Waals surface area contributed by atoms with E-state index < -0.39 is 36.0 Å². The van der Waals surface area contributed by atoms with Gasteiger partial charge in [-0.15, -0.1) is 0 Å². The molecular formula is C28H32N6O4. The Hall–Kier alpha value is -3.86. The Labute approximate surface area is 219 Å². The molecule has 0 unspecified atom stereocenters. The molecule has 0 aromatic carbocycles. The average molecular weight is 517 g/mol. The van der Waals surface area contributed by atoms with Crippen LogP contribution in [-0.4, -0.2) is 66.1 Å². The third kappa shape index (κ3) is 5.38. The lowest BCUT2D eigenvalue weighted by atomic mass is 9.97. The van der Waals surface area contributed by atoms with Gasteiger partial charge in [0.25, 0.3) is 0 Å². The Morgan fingerprint density at radius 2 is 1.39 bits per heavy atom. The van der Waals surface area contributed by atoms with Crippen molar-refractivity contribution in [3.05, 3.63) is 70.8 Å². The summed E-state index contributed by atoms with van der Waals surface area (Å²) in [6.07, 6.45) is 0.456. The van der Waals surface area contributed by atoms with Crippen molar-refractivity contribution in [1.82, 2.24) is 25.3 Å². The minimum atomic E-state index is -1.28. The molecule has 4 atom stereocenters. The first-order valence-corrected chi connectivity index (χ1v) is 12.8. The molecule has 3 aromatic rings. The molecule has 38 heavy (non-hydrogen) atoms. The van der Waals surface area contributed by atoms with Crippen molar-refractivity contribution < 1.29 is 19.8 Å². The van der Waals surface area contributed by atoms with Crippen LogP contribution in [0.3, 0.4) is 0 Å². The van der Waals surface area contributed by atoms with Crippen molar-refractivity contribution in [2.45, 2.75) is 63.8 Å². The monoisotopic (exact) mass is 516 g/mol. The van der Waals surface area contributed by atoms with E-state index in [-0.39, 0.29) is 5.56 Å². The molecule has 0 saturated carbocycles. The third-order valence-electron chi connectivity index (χ3n) is 6.92. The molecule has 0 saturated heterocycles. The first kappa shape index (κ1) is 25.8. The van der Waals surface area contributed by atoms with Gasteiger partial charge in [0.1, 0.15) is 12.1 Å². The number of aryl methyl sites for hydroxylation is 4. The number of aromatic amines is 2. The summed E-state index contributed by atoms with van der Waals surface area (Å²) in [5, 5.41) is 22.8. The Kier molecular flexibility index (Phi) is 7.11. The molecule has 0 radical (unpaired) electrons. The Morgan fingerprint density at radius 1 is 0.842 bits per heavy atom. The number of H-pyrrole nitrogens is 2. The fourth-order valence-electron chi connectivity index (χ4n) is 4.82. The number of nitrogens with one attached hydrogen (secondary N) is 3. The Morgan fingerprint density at radius 3 is 2.00 bits per heavy atom. The largest absolute Gasteiger partial charge is 0.391 e. The van der Waals surface area contributed by atoms with Gasteiger partial charge in [-0.1, -0.05) is 0 Å².